The Morgan fingerprint density at radius 3 is 2.18 bits per heavy atom. The molecule has 0 bridgehead atoms. The highest BCUT2D eigenvalue weighted by atomic mass is 15.3. The van der Waals surface area contributed by atoms with E-state index in [0.717, 1.165) is 32.7 Å². The fraction of sp³-hybridized carbons (Fsp3) is 1.00. The fourth-order valence-corrected chi connectivity index (χ4v) is 2.99. The number of nitrogens with zero attached hydrogens (tertiary/aromatic N) is 1. The minimum atomic E-state index is 0.227. The van der Waals surface area contributed by atoms with Crippen molar-refractivity contribution in [3.63, 3.8) is 0 Å². The van der Waals surface area contributed by atoms with Gasteiger partial charge in [0.2, 0.25) is 0 Å². The first kappa shape index (κ1) is 14.9. The van der Waals surface area contributed by atoms with Crippen LogP contribution in [0, 0.1) is 0 Å². The number of rotatable bonds is 6. The molecular weight excluding hydrogens is 210 g/mol. The van der Waals surface area contributed by atoms with Crippen LogP contribution < -0.4 is 10.6 Å². The molecule has 3 nitrogen and oxygen atoms in total. The van der Waals surface area contributed by atoms with Gasteiger partial charge in [0.15, 0.2) is 0 Å². The number of hydrogen-bond acceptors (Lipinski definition) is 3. The van der Waals surface area contributed by atoms with Crippen LogP contribution in [0.5, 0.6) is 0 Å². The van der Waals surface area contributed by atoms with Crippen molar-refractivity contribution in [2.45, 2.75) is 58.5 Å². The Kier molecular flexibility index (Phi) is 5.42. The van der Waals surface area contributed by atoms with E-state index in [0.29, 0.717) is 0 Å². The van der Waals surface area contributed by atoms with Crippen LogP contribution in [0.25, 0.3) is 0 Å². The smallest absolute Gasteiger partial charge is 0.0257 e. The Hall–Kier alpha value is -0.120. The van der Waals surface area contributed by atoms with Gasteiger partial charge in [0.05, 0.1) is 0 Å². The maximum Gasteiger partial charge on any atom is 0.0257 e. The van der Waals surface area contributed by atoms with E-state index in [4.69, 9.17) is 0 Å². The minimum Gasteiger partial charge on any atom is -0.315 e. The lowest BCUT2D eigenvalue weighted by atomic mass is 9.91. The molecule has 1 heterocycles. The van der Waals surface area contributed by atoms with Crippen LogP contribution in [0.15, 0.2) is 0 Å². The molecule has 102 valence electrons. The predicted octanol–water partition coefficient (Wildman–Crippen LogP) is 1.84. The van der Waals surface area contributed by atoms with E-state index in [1.54, 1.807) is 0 Å². The molecule has 0 aromatic rings. The Morgan fingerprint density at radius 2 is 1.65 bits per heavy atom. The van der Waals surface area contributed by atoms with Gasteiger partial charge in [-0.3, -0.25) is 4.90 Å². The highest BCUT2D eigenvalue weighted by Gasteiger charge is 2.35. The molecule has 0 aromatic carbocycles. The zero-order valence-electron chi connectivity index (χ0n) is 12.4. The second-order valence-corrected chi connectivity index (χ2v) is 6.71. The summed E-state index contributed by atoms with van der Waals surface area (Å²) >= 11 is 0. The monoisotopic (exact) mass is 241 g/mol. The molecule has 3 heteroatoms. The first-order valence-corrected chi connectivity index (χ1v) is 7.07. The third kappa shape index (κ3) is 5.84. The minimum absolute atomic E-state index is 0.227. The molecule has 1 aliphatic rings. The Balaban J connectivity index is 2.28. The third-order valence-corrected chi connectivity index (χ3v) is 3.23. The summed E-state index contributed by atoms with van der Waals surface area (Å²) in [5.74, 6) is 0. The zero-order chi connectivity index (χ0) is 12.9. The van der Waals surface area contributed by atoms with Gasteiger partial charge in [-0.05, 0) is 40.7 Å². The average Bonchev–Trinajstić information content (AvgIpc) is 2.12. The lowest BCUT2D eigenvalue weighted by Gasteiger charge is -2.48. The van der Waals surface area contributed by atoms with E-state index in [-0.39, 0.29) is 11.1 Å². The van der Waals surface area contributed by atoms with Crippen LogP contribution in [0.3, 0.4) is 0 Å². The largest absolute Gasteiger partial charge is 0.315 e. The summed E-state index contributed by atoms with van der Waals surface area (Å²) < 4.78 is 0. The fourth-order valence-electron chi connectivity index (χ4n) is 2.99. The first-order chi connectivity index (χ1) is 7.85. The molecule has 1 fully saturated rings. The number of unbranched alkanes of at least 4 members (excludes halogenated alkanes) is 1. The Bertz CT molecular complexity index is 208. The van der Waals surface area contributed by atoms with E-state index in [2.05, 4.69) is 50.2 Å². The van der Waals surface area contributed by atoms with Crippen molar-refractivity contribution in [3.05, 3.63) is 0 Å². The van der Waals surface area contributed by atoms with E-state index in [9.17, 15) is 0 Å². The second-order valence-electron chi connectivity index (χ2n) is 6.71. The molecule has 17 heavy (non-hydrogen) atoms. The molecule has 0 aliphatic carbocycles. The van der Waals surface area contributed by atoms with Gasteiger partial charge in [-0.15, -0.1) is 0 Å². The van der Waals surface area contributed by atoms with Gasteiger partial charge in [0, 0.05) is 37.3 Å². The summed E-state index contributed by atoms with van der Waals surface area (Å²) in [6.07, 6.45) is 2.57. The first-order valence-electron chi connectivity index (χ1n) is 7.07. The molecule has 0 spiro atoms. The Labute approximate surface area is 107 Å². The molecular formula is C14H31N3. The average molecular weight is 241 g/mol. The summed E-state index contributed by atoms with van der Waals surface area (Å²) in [5.41, 5.74) is 0.455. The molecule has 0 atom stereocenters. The van der Waals surface area contributed by atoms with Crippen LogP contribution in [0.1, 0.15) is 47.5 Å². The van der Waals surface area contributed by atoms with Crippen LogP contribution in [-0.2, 0) is 0 Å². The van der Waals surface area contributed by atoms with Crippen molar-refractivity contribution in [1.82, 2.24) is 15.5 Å². The van der Waals surface area contributed by atoms with Crippen LogP contribution in [-0.4, -0.2) is 48.7 Å². The normalized spacial score (nSPS) is 23.8. The molecule has 0 unspecified atom stereocenters. The van der Waals surface area contributed by atoms with E-state index >= 15 is 0 Å². The van der Waals surface area contributed by atoms with Crippen molar-refractivity contribution in [3.8, 4) is 0 Å². The highest BCUT2D eigenvalue weighted by molar-refractivity contribution is 4.97. The number of piperazine rings is 1. The summed E-state index contributed by atoms with van der Waals surface area (Å²) in [4.78, 5) is 2.58. The summed E-state index contributed by atoms with van der Waals surface area (Å²) in [6.45, 7) is 17.2. The van der Waals surface area contributed by atoms with E-state index in [1.807, 2.05) is 0 Å². The molecule has 0 amide bonds. The third-order valence-electron chi connectivity index (χ3n) is 3.23. The zero-order valence-corrected chi connectivity index (χ0v) is 12.4. The lowest BCUT2D eigenvalue weighted by Crippen LogP contribution is -2.67. The summed E-state index contributed by atoms with van der Waals surface area (Å²) in [7, 11) is 0. The van der Waals surface area contributed by atoms with Gasteiger partial charge in [-0.25, -0.2) is 0 Å². The Morgan fingerprint density at radius 1 is 1.06 bits per heavy atom. The van der Waals surface area contributed by atoms with Crippen molar-refractivity contribution < 1.29 is 0 Å². The van der Waals surface area contributed by atoms with Gasteiger partial charge < -0.3 is 10.6 Å². The van der Waals surface area contributed by atoms with E-state index < -0.39 is 0 Å². The summed E-state index contributed by atoms with van der Waals surface area (Å²) in [5, 5.41) is 7.24. The molecule has 1 saturated heterocycles. The standard InChI is InChI=1S/C14H31N3/c1-6-7-8-15-9-10-17-11-13(2,3)16-14(4,5)12-17/h15-16H,6-12H2,1-5H3. The molecule has 2 N–H and O–H groups in total. The second kappa shape index (κ2) is 6.17. The maximum absolute atomic E-state index is 3.71. The SMILES string of the molecule is CCCCNCCN1CC(C)(C)NC(C)(C)C1. The van der Waals surface area contributed by atoms with Gasteiger partial charge in [-0.2, -0.15) is 0 Å². The van der Waals surface area contributed by atoms with Crippen molar-refractivity contribution >= 4 is 0 Å². The summed E-state index contributed by atoms with van der Waals surface area (Å²) in [6, 6.07) is 0. The van der Waals surface area contributed by atoms with Gasteiger partial charge in [-0.1, -0.05) is 13.3 Å². The quantitative estimate of drug-likeness (QED) is 0.695. The molecule has 0 saturated carbocycles. The molecule has 0 radical (unpaired) electrons. The maximum atomic E-state index is 3.71. The topological polar surface area (TPSA) is 27.3 Å². The van der Waals surface area contributed by atoms with Crippen molar-refractivity contribution in [2.24, 2.45) is 0 Å². The predicted molar refractivity (Wildman–Crippen MR) is 75.5 cm³/mol. The highest BCUT2D eigenvalue weighted by Crippen LogP contribution is 2.20. The van der Waals surface area contributed by atoms with Gasteiger partial charge in [0.25, 0.3) is 0 Å². The van der Waals surface area contributed by atoms with Crippen LogP contribution in [0.4, 0.5) is 0 Å². The van der Waals surface area contributed by atoms with Crippen LogP contribution >= 0.6 is 0 Å². The van der Waals surface area contributed by atoms with Gasteiger partial charge in [0.1, 0.15) is 0 Å². The number of hydrogen-bond donors (Lipinski definition) is 2. The number of nitrogens with one attached hydrogen (secondary N) is 2. The molecule has 0 aromatic heterocycles. The van der Waals surface area contributed by atoms with Crippen molar-refractivity contribution in [1.29, 1.82) is 0 Å². The van der Waals surface area contributed by atoms with Crippen LogP contribution in [0.2, 0.25) is 0 Å². The lowest BCUT2D eigenvalue weighted by molar-refractivity contribution is 0.0790. The molecule has 1 rings (SSSR count). The van der Waals surface area contributed by atoms with Gasteiger partial charge >= 0.3 is 0 Å². The molecule has 1 aliphatic heterocycles. The van der Waals surface area contributed by atoms with E-state index in [1.165, 1.54) is 12.8 Å². The van der Waals surface area contributed by atoms with Crippen molar-refractivity contribution in [2.75, 3.05) is 32.7 Å².